The molecule has 1 aliphatic rings. The van der Waals surface area contributed by atoms with Gasteiger partial charge < -0.3 is 14.6 Å². The van der Waals surface area contributed by atoms with Crippen molar-refractivity contribution < 1.29 is 24.2 Å². The fourth-order valence-corrected chi connectivity index (χ4v) is 2.81. The smallest absolute Gasteiger partial charge is 0.387 e. The largest absolute Gasteiger partial charge is 0.476 e. The molecule has 23 heavy (non-hydrogen) atoms. The van der Waals surface area contributed by atoms with Gasteiger partial charge in [-0.05, 0) is 6.07 Å². The molecule has 1 N–H and O–H groups in total. The summed E-state index contributed by atoms with van der Waals surface area (Å²) in [4.78, 5) is 23.6. The van der Waals surface area contributed by atoms with Crippen molar-refractivity contribution in [3.63, 3.8) is 0 Å². The Balaban J connectivity index is 2.10. The topological polar surface area (TPSA) is 90.7 Å². The number of aromatic nitrogens is 2. The van der Waals surface area contributed by atoms with Crippen LogP contribution < -0.4 is 9.47 Å². The van der Waals surface area contributed by atoms with E-state index < -0.39 is 18.0 Å². The van der Waals surface area contributed by atoms with E-state index in [9.17, 15) is 9.59 Å². The molecule has 0 saturated carbocycles. The van der Waals surface area contributed by atoms with Crippen LogP contribution in [0.15, 0.2) is 12.3 Å². The second kappa shape index (κ2) is 5.59. The monoisotopic (exact) mass is 376 g/mol. The number of halogens is 3. The average molecular weight is 378 g/mol. The fraction of sp³-hybridized carbons (Fsp3) is 0.154. The predicted octanol–water partition coefficient (Wildman–Crippen LogP) is 2.79. The van der Waals surface area contributed by atoms with E-state index in [1.54, 1.807) is 7.05 Å². The summed E-state index contributed by atoms with van der Waals surface area (Å²) in [7, 11) is 1.54. The number of benzene rings is 1. The molecule has 1 unspecified atom stereocenters. The predicted molar refractivity (Wildman–Crippen MR) is 80.8 cm³/mol. The van der Waals surface area contributed by atoms with E-state index >= 15 is 0 Å². The maximum Gasteiger partial charge on any atom is 0.387 e. The molecule has 0 fully saturated rings. The number of carboxylic acid groups (broad SMARTS) is 1. The molecule has 0 saturated heterocycles. The average Bonchev–Trinajstić information content (AvgIpc) is 3.06. The van der Waals surface area contributed by atoms with E-state index in [1.165, 1.54) is 16.9 Å². The van der Waals surface area contributed by atoms with Crippen LogP contribution in [0.2, 0.25) is 15.1 Å². The molecule has 1 aliphatic heterocycles. The molecule has 0 radical (unpaired) electrons. The molecular weight excluding hydrogens is 371 g/mol. The molecule has 0 aliphatic carbocycles. The van der Waals surface area contributed by atoms with Crippen LogP contribution in [0, 0.1) is 0 Å². The standard InChI is InChI=1S/C13H7Cl3N2O5/c1-18-9(5(14)3-17-18)10(19)4-2-6-11(8(16)7(4)15)23-13(22-6)12(20)21/h2-3,13H,1H3,(H,20,21). The molecule has 0 amide bonds. The Labute approximate surface area is 144 Å². The first kappa shape index (κ1) is 15.9. The highest BCUT2D eigenvalue weighted by molar-refractivity contribution is 6.46. The molecule has 0 bridgehead atoms. The van der Waals surface area contributed by atoms with Gasteiger partial charge in [0.25, 0.3) is 0 Å². The maximum atomic E-state index is 12.6. The Morgan fingerprint density at radius 2 is 1.96 bits per heavy atom. The summed E-state index contributed by atoms with van der Waals surface area (Å²) in [6.07, 6.45) is -0.234. The summed E-state index contributed by atoms with van der Waals surface area (Å²) in [6, 6.07) is 1.26. The number of hydrogen-bond donors (Lipinski definition) is 1. The number of aliphatic carboxylic acids is 1. The van der Waals surface area contributed by atoms with Gasteiger partial charge in [-0.1, -0.05) is 34.8 Å². The number of aryl methyl sites for hydroxylation is 1. The number of nitrogens with zero attached hydrogens (tertiary/aromatic N) is 2. The number of carbonyl (C=O) groups excluding carboxylic acids is 1. The minimum Gasteiger partial charge on any atom is -0.476 e. The first-order valence-electron chi connectivity index (χ1n) is 6.11. The van der Waals surface area contributed by atoms with E-state index in [2.05, 4.69) is 5.10 Å². The van der Waals surface area contributed by atoms with Crippen molar-refractivity contribution in [2.45, 2.75) is 6.29 Å². The van der Waals surface area contributed by atoms with Crippen LogP contribution in [0.4, 0.5) is 0 Å². The van der Waals surface area contributed by atoms with Crippen molar-refractivity contribution in [1.82, 2.24) is 9.78 Å². The molecular formula is C13H7Cl3N2O5. The molecule has 1 aromatic carbocycles. The molecule has 3 rings (SSSR count). The summed E-state index contributed by atoms with van der Waals surface area (Å²) in [6.45, 7) is 0. The number of carboxylic acids is 1. The summed E-state index contributed by atoms with van der Waals surface area (Å²) in [5, 5.41) is 12.7. The lowest BCUT2D eigenvalue weighted by molar-refractivity contribution is -0.154. The summed E-state index contributed by atoms with van der Waals surface area (Å²) in [5.41, 5.74) is 0.105. The lowest BCUT2D eigenvalue weighted by Gasteiger charge is -2.08. The third-order valence-corrected chi connectivity index (χ3v) is 4.27. The van der Waals surface area contributed by atoms with Crippen molar-refractivity contribution in [3.05, 3.63) is 38.6 Å². The van der Waals surface area contributed by atoms with Crippen molar-refractivity contribution in [1.29, 1.82) is 0 Å². The van der Waals surface area contributed by atoms with Gasteiger partial charge in [-0.15, -0.1) is 0 Å². The zero-order chi connectivity index (χ0) is 16.9. The zero-order valence-electron chi connectivity index (χ0n) is 11.3. The molecule has 10 heteroatoms. The summed E-state index contributed by atoms with van der Waals surface area (Å²) in [5.74, 6) is -1.90. The van der Waals surface area contributed by atoms with E-state index in [1.807, 2.05) is 0 Å². The highest BCUT2D eigenvalue weighted by Crippen LogP contribution is 2.47. The van der Waals surface area contributed by atoms with Crippen LogP contribution in [-0.4, -0.2) is 32.9 Å². The van der Waals surface area contributed by atoms with Crippen molar-refractivity contribution in [3.8, 4) is 11.5 Å². The third kappa shape index (κ3) is 2.50. The number of carbonyl (C=O) groups is 2. The van der Waals surface area contributed by atoms with E-state index in [-0.39, 0.29) is 37.8 Å². The van der Waals surface area contributed by atoms with Crippen molar-refractivity contribution >= 4 is 46.6 Å². The molecule has 2 aromatic rings. The Kier molecular flexibility index (Phi) is 3.87. The highest BCUT2D eigenvalue weighted by atomic mass is 35.5. The zero-order valence-corrected chi connectivity index (χ0v) is 13.6. The second-order valence-corrected chi connectivity index (χ2v) is 5.74. The van der Waals surface area contributed by atoms with Crippen LogP contribution in [0.1, 0.15) is 16.1 Å². The number of rotatable bonds is 3. The van der Waals surface area contributed by atoms with Gasteiger partial charge in [-0.3, -0.25) is 9.48 Å². The van der Waals surface area contributed by atoms with Gasteiger partial charge in [0.15, 0.2) is 11.5 Å². The van der Waals surface area contributed by atoms with Crippen LogP contribution in [0.3, 0.4) is 0 Å². The lowest BCUT2D eigenvalue weighted by Crippen LogP contribution is -2.28. The Morgan fingerprint density at radius 1 is 1.26 bits per heavy atom. The Hall–Kier alpha value is -1.96. The SMILES string of the molecule is Cn1ncc(Cl)c1C(=O)c1cc2c(c(Cl)c1Cl)OC(C(=O)O)O2. The van der Waals surface area contributed by atoms with Crippen LogP contribution in [-0.2, 0) is 11.8 Å². The summed E-state index contributed by atoms with van der Waals surface area (Å²) >= 11 is 18.1. The molecule has 1 aromatic heterocycles. The van der Waals surface area contributed by atoms with Gasteiger partial charge in [0.2, 0.25) is 5.78 Å². The van der Waals surface area contributed by atoms with Gasteiger partial charge >= 0.3 is 12.3 Å². The summed E-state index contributed by atoms with van der Waals surface area (Å²) < 4.78 is 11.5. The van der Waals surface area contributed by atoms with E-state index in [0.29, 0.717) is 0 Å². The minimum atomic E-state index is -1.55. The first-order valence-corrected chi connectivity index (χ1v) is 7.25. The van der Waals surface area contributed by atoms with Gasteiger partial charge in [0, 0.05) is 12.6 Å². The molecule has 120 valence electrons. The normalized spacial score (nSPS) is 15.7. The van der Waals surface area contributed by atoms with Gasteiger partial charge in [0.1, 0.15) is 10.7 Å². The van der Waals surface area contributed by atoms with Crippen LogP contribution in [0.5, 0.6) is 11.5 Å². The number of ketones is 1. The first-order chi connectivity index (χ1) is 10.8. The van der Waals surface area contributed by atoms with Gasteiger partial charge in [0.05, 0.1) is 16.2 Å². The van der Waals surface area contributed by atoms with E-state index in [4.69, 9.17) is 49.4 Å². The number of ether oxygens (including phenoxy) is 2. The fourth-order valence-electron chi connectivity index (χ4n) is 2.09. The van der Waals surface area contributed by atoms with E-state index in [0.717, 1.165) is 0 Å². The number of hydrogen-bond acceptors (Lipinski definition) is 5. The number of fused-ring (bicyclic) bond motifs is 1. The Bertz CT molecular complexity index is 829. The van der Waals surface area contributed by atoms with Crippen LogP contribution in [0.25, 0.3) is 0 Å². The second-order valence-electron chi connectivity index (χ2n) is 4.58. The van der Waals surface area contributed by atoms with Gasteiger partial charge in [-0.2, -0.15) is 5.10 Å². The molecule has 2 heterocycles. The Morgan fingerprint density at radius 3 is 2.52 bits per heavy atom. The molecule has 1 atom stereocenters. The van der Waals surface area contributed by atoms with Crippen LogP contribution >= 0.6 is 34.8 Å². The van der Waals surface area contributed by atoms with Crippen molar-refractivity contribution in [2.75, 3.05) is 0 Å². The quantitative estimate of drug-likeness (QED) is 0.827. The maximum absolute atomic E-state index is 12.6. The molecule has 7 nitrogen and oxygen atoms in total. The molecule has 0 spiro atoms. The minimum absolute atomic E-state index is 0.00412. The highest BCUT2D eigenvalue weighted by Gasteiger charge is 2.35. The van der Waals surface area contributed by atoms with Crippen molar-refractivity contribution in [2.24, 2.45) is 7.05 Å². The lowest BCUT2D eigenvalue weighted by atomic mass is 10.1. The van der Waals surface area contributed by atoms with Gasteiger partial charge in [-0.25, -0.2) is 4.79 Å². The third-order valence-electron chi connectivity index (χ3n) is 3.14.